The highest BCUT2D eigenvalue weighted by atomic mass is 16.5. The van der Waals surface area contributed by atoms with Gasteiger partial charge in [-0.1, -0.05) is 31.2 Å². The summed E-state index contributed by atoms with van der Waals surface area (Å²) in [6, 6.07) is 11.2. The number of aromatic nitrogens is 1. The number of esters is 1. The topological polar surface area (TPSA) is 81.4 Å². The standard InChI is InChI=1S/C25H24N2O4/c1-3-10-26-22(28)15-31-25(29)23-19-8-4-5-9-21(19)27-24-17(12-16(2)13-20(23)24)14-18-7-6-11-30-18/h3-9,11,14,16H,1,10,12-13,15H2,2H3,(H,26,28)/b17-14+. The summed E-state index contributed by atoms with van der Waals surface area (Å²) < 4.78 is 10.9. The van der Waals surface area contributed by atoms with E-state index in [0.29, 0.717) is 30.0 Å². The molecule has 1 atom stereocenters. The molecule has 3 aromatic rings. The second kappa shape index (κ2) is 9.00. The summed E-state index contributed by atoms with van der Waals surface area (Å²) in [6.45, 7) is 5.68. The van der Waals surface area contributed by atoms with Gasteiger partial charge < -0.3 is 14.5 Å². The van der Waals surface area contributed by atoms with Crippen molar-refractivity contribution in [2.24, 2.45) is 5.92 Å². The first kappa shape index (κ1) is 20.6. The van der Waals surface area contributed by atoms with Gasteiger partial charge in [-0.25, -0.2) is 9.78 Å². The average molecular weight is 416 g/mol. The van der Waals surface area contributed by atoms with Gasteiger partial charge in [0, 0.05) is 11.9 Å². The third-order valence-electron chi connectivity index (χ3n) is 5.26. The molecule has 0 radical (unpaired) electrons. The lowest BCUT2D eigenvalue weighted by molar-refractivity contribution is -0.124. The molecule has 1 unspecified atom stereocenters. The van der Waals surface area contributed by atoms with E-state index in [0.717, 1.165) is 34.4 Å². The number of carbonyl (C=O) groups is 2. The van der Waals surface area contributed by atoms with E-state index in [4.69, 9.17) is 14.1 Å². The van der Waals surface area contributed by atoms with Crippen molar-refractivity contribution in [1.29, 1.82) is 0 Å². The van der Waals surface area contributed by atoms with Gasteiger partial charge in [0.15, 0.2) is 6.61 Å². The fourth-order valence-electron chi connectivity index (χ4n) is 3.95. The number of rotatable bonds is 6. The lowest BCUT2D eigenvalue weighted by Gasteiger charge is -2.26. The van der Waals surface area contributed by atoms with E-state index < -0.39 is 5.97 Å². The molecular weight excluding hydrogens is 392 g/mol. The van der Waals surface area contributed by atoms with Crippen LogP contribution < -0.4 is 5.32 Å². The number of nitrogens with one attached hydrogen (secondary N) is 1. The lowest BCUT2D eigenvalue weighted by Crippen LogP contribution is -2.29. The van der Waals surface area contributed by atoms with Gasteiger partial charge >= 0.3 is 5.97 Å². The van der Waals surface area contributed by atoms with Crippen molar-refractivity contribution < 1.29 is 18.7 Å². The van der Waals surface area contributed by atoms with Crippen molar-refractivity contribution in [3.05, 3.63) is 77.9 Å². The molecule has 0 saturated heterocycles. The van der Waals surface area contributed by atoms with Crippen LogP contribution in [0.15, 0.2) is 59.7 Å². The van der Waals surface area contributed by atoms with Crippen LogP contribution in [0.4, 0.5) is 0 Å². The van der Waals surface area contributed by atoms with Gasteiger partial charge in [0.25, 0.3) is 5.91 Å². The SMILES string of the molecule is C=CCNC(=O)COC(=O)c1c2c(nc3ccccc13)/C(=C/c1ccco1)CC(C)C2. The van der Waals surface area contributed by atoms with E-state index in [1.54, 1.807) is 12.3 Å². The van der Waals surface area contributed by atoms with Crippen LogP contribution in [-0.4, -0.2) is 30.0 Å². The largest absolute Gasteiger partial charge is 0.465 e. The molecule has 6 nitrogen and oxygen atoms in total. The number of pyridine rings is 1. The zero-order valence-electron chi connectivity index (χ0n) is 17.4. The van der Waals surface area contributed by atoms with Gasteiger partial charge in [-0.3, -0.25) is 4.79 Å². The highest BCUT2D eigenvalue weighted by molar-refractivity contribution is 6.07. The average Bonchev–Trinajstić information content (AvgIpc) is 3.27. The smallest absolute Gasteiger partial charge is 0.339 e. The van der Waals surface area contributed by atoms with Crippen molar-refractivity contribution in [2.45, 2.75) is 19.8 Å². The molecule has 1 aromatic carbocycles. The van der Waals surface area contributed by atoms with Crippen LogP contribution in [0.1, 0.15) is 40.7 Å². The maximum atomic E-state index is 13.2. The minimum atomic E-state index is -0.518. The molecule has 1 aliphatic rings. The van der Waals surface area contributed by atoms with Crippen molar-refractivity contribution in [2.75, 3.05) is 13.2 Å². The lowest BCUT2D eigenvalue weighted by atomic mass is 9.81. The van der Waals surface area contributed by atoms with Crippen molar-refractivity contribution in [1.82, 2.24) is 10.3 Å². The highest BCUT2D eigenvalue weighted by Gasteiger charge is 2.29. The first-order valence-corrected chi connectivity index (χ1v) is 10.3. The Morgan fingerprint density at radius 2 is 2.10 bits per heavy atom. The molecule has 1 N–H and O–H groups in total. The predicted molar refractivity (Wildman–Crippen MR) is 119 cm³/mol. The molecule has 0 saturated carbocycles. The number of para-hydroxylation sites is 1. The quantitative estimate of drug-likeness (QED) is 0.475. The number of hydrogen-bond acceptors (Lipinski definition) is 5. The van der Waals surface area contributed by atoms with Gasteiger partial charge in [0.05, 0.1) is 23.0 Å². The van der Waals surface area contributed by atoms with Crippen LogP contribution in [0, 0.1) is 5.92 Å². The van der Waals surface area contributed by atoms with E-state index in [9.17, 15) is 9.59 Å². The Balaban J connectivity index is 1.78. The summed E-state index contributed by atoms with van der Waals surface area (Å²) in [4.78, 5) is 29.9. The fraction of sp³-hybridized carbons (Fsp3) is 0.240. The second-order valence-electron chi connectivity index (χ2n) is 7.70. The number of allylic oxidation sites excluding steroid dienone is 1. The first-order valence-electron chi connectivity index (χ1n) is 10.3. The highest BCUT2D eigenvalue weighted by Crippen LogP contribution is 2.38. The van der Waals surface area contributed by atoms with Crippen molar-refractivity contribution in [3.63, 3.8) is 0 Å². The van der Waals surface area contributed by atoms with Gasteiger partial charge in [-0.2, -0.15) is 0 Å². The molecule has 0 spiro atoms. The number of furan rings is 1. The van der Waals surface area contributed by atoms with Gasteiger partial charge in [-0.15, -0.1) is 6.58 Å². The van der Waals surface area contributed by atoms with Crippen LogP contribution in [0.25, 0.3) is 22.6 Å². The zero-order valence-corrected chi connectivity index (χ0v) is 17.4. The van der Waals surface area contributed by atoms with Crippen LogP contribution >= 0.6 is 0 Å². The maximum Gasteiger partial charge on any atom is 0.339 e. The Morgan fingerprint density at radius 1 is 1.26 bits per heavy atom. The van der Waals surface area contributed by atoms with E-state index in [2.05, 4.69) is 18.8 Å². The van der Waals surface area contributed by atoms with Gasteiger partial charge in [0.2, 0.25) is 0 Å². The summed E-state index contributed by atoms with van der Waals surface area (Å²) >= 11 is 0. The Hall–Kier alpha value is -3.67. The predicted octanol–water partition coefficient (Wildman–Crippen LogP) is 4.41. The third kappa shape index (κ3) is 4.43. The van der Waals surface area contributed by atoms with Gasteiger partial charge in [-0.05, 0) is 54.2 Å². The summed E-state index contributed by atoms with van der Waals surface area (Å²) in [6.07, 6.45) is 6.72. The molecular formula is C25H24N2O4. The number of ether oxygens (including phenoxy) is 1. The second-order valence-corrected chi connectivity index (χ2v) is 7.70. The summed E-state index contributed by atoms with van der Waals surface area (Å²) in [5, 5.41) is 3.34. The molecule has 6 heteroatoms. The Kier molecular flexibility index (Phi) is 5.98. The molecule has 2 aromatic heterocycles. The number of carbonyl (C=O) groups excluding carboxylic acids is 2. The molecule has 2 heterocycles. The van der Waals surface area contributed by atoms with Crippen LogP contribution in [0.3, 0.4) is 0 Å². The molecule has 0 fully saturated rings. The van der Waals surface area contributed by atoms with Gasteiger partial charge in [0.1, 0.15) is 5.76 Å². The van der Waals surface area contributed by atoms with E-state index in [1.165, 1.54) is 0 Å². The maximum absolute atomic E-state index is 13.2. The minimum absolute atomic E-state index is 0.319. The Morgan fingerprint density at radius 3 is 2.87 bits per heavy atom. The monoisotopic (exact) mass is 416 g/mol. The molecule has 158 valence electrons. The summed E-state index contributed by atoms with van der Waals surface area (Å²) in [5.41, 5.74) is 3.86. The molecule has 0 bridgehead atoms. The first-order chi connectivity index (χ1) is 15.1. The molecule has 4 rings (SSSR count). The molecule has 31 heavy (non-hydrogen) atoms. The van der Waals surface area contributed by atoms with E-state index in [1.807, 2.05) is 42.5 Å². The van der Waals surface area contributed by atoms with Crippen LogP contribution in [0.2, 0.25) is 0 Å². The van der Waals surface area contributed by atoms with Crippen molar-refractivity contribution in [3.8, 4) is 0 Å². The third-order valence-corrected chi connectivity index (χ3v) is 5.26. The summed E-state index contributed by atoms with van der Waals surface area (Å²) in [5.74, 6) is 0.175. The summed E-state index contributed by atoms with van der Waals surface area (Å²) in [7, 11) is 0. The van der Waals surface area contributed by atoms with E-state index in [-0.39, 0.29) is 12.5 Å². The van der Waals surface area contributed by atoms with Crippen LogP contribution in [-0.2, 0) is 16.0 Å². The molecule has 1 aliphatic carbocycles. The number of amides is 1. The zero-order chi connectivity index (χ0) is 21.8. The number of hydrogen-bond donors (Lipinski definition) is 1. The van der Waals surface area contributed by atoms with Crippen molar-refractivity contribution >= 4 is 34.4 Å². The fourth-order valence-corrected chi connectivity index (χ4v) is 3.95. The number of fused-ring (bicyclic) bond motifs is 2. The number of benzene rings is 1. The molecule has 0 aliphatic heterocycles. The Labute approximate surface area is 180 Å². The molecule has 1 amide bonds. The van der Waals surface area contributed by atoms with Crippen LogP contribution in [0.5, 0.6) is 0 Å². The number of nitrogens with zero attached hydrogens (tertiary/aromatic N) is 1. The van der Waals surface area contributed by atoms with E-state index >= 15 is 0 Å². The minimum Gasteiger partial charge on any atom is -0.465 e. The Bertz CT molecular complexity index is 1160. The normalized spacial score (nSPS) is 16.7.